The number of benzene rings is 2. The Labute approximate surface area is 159 Å². The van der Waals surface area contributed by atoms with Crippen molar-refractivity contribution in [1.82, 2.24) is 0 Å². The Morgan fingerprint density at radius 1 is 1.07 bits per heavy atom. The lowest BCUT2D eigenvalue weighted by Gasteiger charge is -2.37. The number of hydrogen-bond donors (Lipinski definition) is 4. The SMILES string of the molecule is CC(=O)CC1(O)Cc2c(O)c3c(c(O)c2C(O)C1)C(=O)c1ccccc1C3=O. The number of carbonyl (C=O) groups excluding carboxylic acids is 3. The van der Waals surface area contributed by atoms with Crippen LogP contribution in [0.2, 0.25) is 0 Å². The first-order valence-corrected chi connectivity index (χ1v) is 8.83. The number of aliphatic hydroxyl groups excluding tert-OH is 1. The van der Waals surface area contributed by atoms with Crippen LogP contribution in [0.5, 0.6) is 11.5 Å². The monoisotopic (exact) mass is 382 g/mol. The molecule has 2 aromatic rings. The number of fused-ring (bicyclic) bond motifs is 3. The minimum absolute atomic E-state index is 0.0284. The summed E-state index contributed by atoms with van der Waals surface area (Å²) >= 11 is 0. The highest BCUT2D eigenvalue weighted by Crippen LogP contribution is 2.50. The van der Waals surface area contributed by atoms with E-state index in [0.717, 1.165) is 0 Å². The van der Waals surface area contributed by atoms with E-state index in [9.17, 15) is 34.8 Å². The second-order valence-corrected chi connectivity index (χ2v) is 7.54. The number of phenols is 2. The average Bonchev–Trinajstić information content (AvgIpc) is 2.61. The smallest absolute Gasteiger partial charge is 0.198 e. The summed E-state index contributed by atoms with van der Waals surface area (Å²) in [6.45, 7) is 1.29. The van der Waals surface area contributed by atoms with E-state index in [-0.39, 0.29) is 58.4 Å². The fourth-order valence-corrected chi connectivity index (χ4v) is 4.38. The van der Waals surface area contributed by atoms with Crippen molar-refractivity contribution in [3.05, 3.63) is 57.6 Å². The van der Waals surface area contributed by atoms with Gasteiger partial charge in [-0.15, -0.1) is 0 Å². The molecule has 0 radical (unpaired) electrons. The van der Waals surface area contributed by atoms with E-state index in [2.05, 4.69) is 0 Å². The number of aliphatic hydroxyl groups is 2. The molecule has 2 unspecified atom stereocenters. The molecule has 0 saturated carbocycles. The Balaban J connectivity index is 1.97. The van der Waals surface area contributed by atoms with Gasteiger partial charge in [0.2, 0.25) is 0 Å². The van der Waals surface area contributed by atoms with Crippen LogP contribution in [-0.2, 0) is 11.2 Å². The second kappa shape index (κ2) is 5.98. The molecule has 0 spiro atoms. The van der Waals surface area contributed by atoms with Crippen LogP contribution in [-0.4, -0.2) is 43.4 Å². The van der Waals surface area contributed by atoms with Gasteiger partial charge in [-0.2, -0.15) is 0 Å². The van der Waals surface area contributed by atoms with Gasteiger partial charge in [0.1, 0.15) is 17.3 Å². The van der Waals surface area contributed by atoms with Gasteiger partial charge in [0.25, 0.3) is 0 Å². The quantitative estimate of drug-likeness (QED) is 0.495. The summed E-state index contributed by atoms with van der Waals surface area (Å²) in [5.41, 5.74) is -2.24. The largest absolute Gasteiger partial charge is 0.507 e. The highest BCUT2D eigenvalue weighted by molar-refractivity contribution is 6.30. The van der Waals surface area contributed by atoms with Gasteiger partial charge in [0.15, 0.2) is 11.6 Å². The predicted molar refractivity (Wildman–Crippen MR) is 96.6 cm³/mol. The highest BCUT2D eigenvalue weighted by Gasteiger charge is 2.45. The van der Waals surface area contributed by atoms with Crippen molar-refractivity contribution in [3.8, 4) is 11.5 Å². The summed E-state index contributed by atoms with van der Waals surface area (Å²) in [7, 11) is 0. The maximum Gasteiger partial charge on any atom is 0.198 e. The molecule has 144 valence electrons. The van der Waals surface area contributed by atoms with E-state index in [1.165, 1.54) is 19.1 Å². The molecule has 28 heavy (non-hydrogen) atoms. The number of carbonyl (C=O) groups is 3. The van der Waals surface area contributed by atoms with Crippen molar-refractivity contribution in [2.45, 2.75) is 37.9 Å². The van der Waals surface area contributed by atoms with Gasteiger partial charge in [-0.05, 0) is 6.92 Å². The zero-order valence-electron chi connectivity index (χ0n) is 15.0. The van der Waals surface area contributed by atoms with E-state index < -0.39 is 34.8 Å². The Hall–Kier alpha value is -3.03. The third-order valence-electron chi connectivity index (χ3n) is 5.45. The molecule has 0 aromatic heterocycles. The zero-order valence-corrected chi connectivity index (χ0v) is 15.0. The molecule has 2 aliphatic rings. The van der Waals surface area contributed by atoms with E-state index in [1.807, 2.05) is 0 Å². The molecule has 0 aliphatic heterocycles. The van der Waals surface area contributed by atoms with Crippen LogP contribution in [0, 0.1) is 0 Å². The summed E-state index contributed by atoms with van der Waals surface area (Å²) in [5, 5.41) is 42.8. The van der Waals surface area contributed by atoms with Crippen LogP contribution in [0.25, 0.3) is 0 Å². The lowest BCUT2D eigenvalue weighted by atomic mass is 9.72. The minimum Gasteiger partial charge on any atom is -0.507 e. The molecule has 0 amide bonds. The second-order valence-electron chi connectivity index (χ2n) is 7.54. The molecule has 4 rings (SSSR count). The number of rotatable bonds is 2. The average molecular weight is 382 g/mol. The van der Waals surface area contributed by atoms with Crippen molar-refractivity contribution in [2.75, 3.05) is 0 Å². The van der Waals surface area contributed by atoms with E-state index in [4.69, 9.17) is 0 Å². The summed E-state index contributed by atoms with van der Waals surface area (Å²) in [6, 6.07) is 6.08. The van der Waals surface area contributed by atoms with E-state index in [0.29, 0.717) is 0 Å². The normalized spacial score (nSPS) is 23.0. The molecule has 0 bridgehead atoms. The molecule has 7 heteroatoms. The van der Waals surface area contributed by atoms with Gasteiger partial charge in [0, 0.05) is 41.5 Å². The molecule has 0 heterocycles. The molecule has 4 N–H and O–H groups in total. The molecule has 2 aliphatic carbocycles. The van der Waals surface area contributed by atoms with Crippen molar-refractivity contribution in [3.63, 3.8) is 0 Å². The van der Waals surface area contributed by atoms with Crippen molar-refractivity contribution in [2.24, 2.45) is 0 Å². The standard InChI is InChI=1S/C21H18O7/c1-9(22)6-21(28)7-12-14(13(23)8-21)20(27)16-15(19(12)26)17(24)10-4-2-3-5-11(10)18(16)25/h2-5,13,23,26-28H,6-8H2,1H3. The Morgan fingerprint density at radius 3 is 2.14 bits per heavy atom. The molecule has 2 atom stereocenters. The molecule has 7 nitrogen and oxygen atoms in total. The summed E-state index contributed by atoms with van der Waals surface area (Å²) in [5.74, 6) is -2.70. The lowest BCUT2D eigenvalue weighted by Crippen LogP contribution is -2.40. The summed E-state index contributed by atoms with van der Waals surface area (Å²) < 4.78 is 0. The first-order valence-electron chi connectivity index (χ1n) is 8.83. The number of ketones is 3. The van der Waals surface area contributed by atoms with Crippen LogP contribution in [0.1, 0.15) is 68.8 Å². The van der Waals surface area contributed by atoms with Crippen molar-refractivity contribution in [1.29, 1.82) is 0 Å². The maximum atomic E-state index is 12.9. The topological polar surface area (TPSA) is 132 Å². The highest BCUT2D eigenvalue weighted by atomic mass is 16.3. The van der Waals surface area contributed by atoms with Crippen molar-refractivity contribution >= 4 is 17.3 Å². The fraction of sp³-hybridized carbons (Fsp3) is 0.286. The molecular weight excluding hydrogens is 364 g/mol. The Bertz CT molecular complexity index is 1070. The lowest BCUT2D eigenvalue weighted by molar-refractivity contribution is -0.123. The Kier molecular flexibility index (Phi) is 3.92. The van der Waals surface area contributed by atoms with E-state index in [1.54, 1.807) is 12.1 Å². The zero-order chi connectivity index (χ0) is 20.4. The van der Waals surface area contributed by atoms with Gasteiger partial charge in [-0.3, -0.25) is 14.4 Å². The number of aromatic hydroxyl groups is 2. The Morgan fingerprint density at radius 2 is 1.61 bits per heavy atom. The number of hydrogen-bond acceptors (Lipinski definition) is 7. The van der Waals surface area contributed by atoms with Crippen LogP contribution >= 0.6 is 0 Å². The van der Waals surface area contributed by atoms with Gasteiger partial charge in [0.05, 0.1) is 22.8 Å². The molecular formula is C21H18O7. The number of phenolic OH excluding ortho intramolecular Hbond substituents is 2. The molecule has 2 aromatic carbocycles. The maximum absolute atomic E-state index is 12.9. The van der Waals surface area contributed by atoms with Gasteiger partial charge in [-0.1, -0.05) is 24.3 Å². The first kappa shape index (κ1) is 18.3. The van der Waals surface area contributed by atoms with Crippen molar-refractivity contribution < 1.29 is 34.8 Å². The third kappa shape index (κ3) is 2.47. The molecule has 0 saturated heterocycles. The number of Topliss-reactive ketones (excluding diaryl/α,β-unsaturated/α-hetero) is 1. The van der Waals surface area contributed by atoms with Crippen LogP contribution in [0.15, 0.2) is 24.3 Å². The van der Waals surface area contributed by atoms with E-state index >= 15 is 0 Å². The fourth-order valence-electron chi connectivity index (χ4n) is 4.38. The summed E-state index contributed by atoms with van der Waals surface area (Å²) in [4.78, 5) is 37.3. The van der Waals surface area contributed by atoms with Crippen LogP contribution < -0.4 is 0 Å². The summed E-state index contributed by atoms with van der Waals surface area (Å²) in [6.07, 6.45) is -2.15. The van der Waals surface area contributed by atoms with Crippen LogP contribution in [0.4, 0.5) is 0 Å². The first-order chi connectivity index (χ1) is 13.1. The third-order valence-corrected chi connectivity index (χ3v) is 5.45. The van der Waals surface area contributed by atoms with Crippen LogP contribution in [0.3, 0.4) is 0 Å². The minimum atomic E-state index is -1.63. The predicted octanol–water partition coefficient (Wildman–Crippen LogP) is 1.56. The van der Waals surface area contributed by atoms with Gasteiger partial charge in [-0.25, -0.2) is 0 Å². The molecule has 0 fully saturated rings. The van der Waals surface area contributed by atoms with Gasteiger partial charge < -0.3 is 20.4 Å². The van der Waals surface area contributed by atoms with Gasteiger partial charge >= 0.3 is 0 Å².